The van der Waals surface area contributed by atoms with Crippen molar-refractivity contribution in [1.29, 1.82) is 0 Å². The Bertz CT molecular complexity index is 1430. The van der Waals surface area contributed by atoms with Crippen molar-refractivity contribution in [3.05, 3.63) is 136 Å². The zero-order valence-corrected chi connectivity index (χ0v) is 19.6. The second kappa shape index (κ2) is 11.0. The first-order chi connectivity index (χ1) is 18.1. The molecule has 0 heterocycles. The van der Waals surface area contributed by atoms with Crippen LogP contribution in [0.4, 0.5) is 30.2 Å². The number of benzene rings is 4. The number of nitrogens with zero attached hydrogens (tertiary/aromatic N) is 2. The number of hydrogen-bond acceptors (Lipinski definition) is 4. The number of halogens is 3. The second-order valence-electron chi connectivity index (χ2n) is 8.19. The highest BCUT2D eigenvalue weighted by Gasteiger charge is 2.35. The van der Waals surface area contributed by atoms with Crippen molar-refractivity contribution in [2.75, 3.05) is 10.2 Å². The number of nitrogens with one attached hydrogen (secondary N) is 1. The summed E-state index contributed by atoms with van der Waals surface area (Å²) in [5.74, 6) is -1.33. The van der Waals surface area contributed by atoms with Gasteiger partial charge in [-0.1, -0.05) is 48.5 Å². The van der Waals surface area contributed by atoms with Gasteiger partial charge in [-0.05, 0) is 54.1 Å². The van der Waals surface area contributed by atoms with Crippen molar-refractivity contribution >= 4 is 28.9 Å². The fourth-order valence-electron chi connectivity index (χ4n) is 3.84. The van der Waals surface area contributed by atoms with Crippen molar-refractivity contribution in [3.8, 4) is 0 Å². The third-order valence-corrected chi connectivity index (χ3v) is 5.68. The van der Waals surface area contributed by atoms with Gasteiger partial charge >= 0.3 is 6.18 Å². The average Bonchev–Trinajstić information content (AvgIpc) is 2.92. The first-order valence-corrected chi connectivity index (χ1v) is 11.3. The van der Waals surface area contributed by atoms with Gasteiger partial charge in [0.1, 0.15) is 6.04 Å². The fraction of sp³-hybridized carbons (Fsp3) is 0.0714. The molecule has 1 N–H and O–H groups in total. The van der Waals surface area contributed by atoms with Gasteiger partial charge in [0.25, 0.3) is 17.5 Å². The van der Waals surface area contributed by atoms with Crippen LogP contribution in [-0.2, 0) is 11.0 Å². The Morgan fingerprint density at radius 3 is 1.87 bits per heavy atom. The standard InChI is InChI=1S/C28H20F3N3O4/c29-28(30,31)21-13-11-20(12-14-21)27(36)33(23-9-5-2-6-10-23)25(19-7-3-1-4-8-19)26(35)32-22-15-17-24(18-16-22)34(37)38/h1-18,25H,(H,32,35). The molecule has 7 nitrogen and oxygen atoms in total. The molecule has 0 aliphatic heterocycles. The van der Waals surface area contributed by atoms with Crippen molar-refractivity contribution in [1.82, 2.24) is 0 Å². The monoisotopic (exact) mass is 519 g/mol. The van der Waals surface area contributed by atoms with E-state index in [-0.39, 0.29) is 16.9 Å². The Morgan fingerprint density at radius 2 is 1.34 bits per heavy atom. The summed E-state index contributed by atoms with van der Waals surface area (Å²) in [5.41, 5.74) is -0.0783. The number of para-hydroxylation sites is 1. The minimum atomic E-state index is -4.57. The normalized spacial score (nSPS) is 11.9. The summed E-state index contributed by atoms with van der Waals surface area (Å²) in [4.78, 5) is 39.1. The largest absolute Gasteiger partial charge is 0.416 e. The van der Waals surface area contributed by atoms with Gasteiger partial charge in [-0.2, -0.15) is 13.2 Å². The van der Waals surface area contributed by atoms with Gasteiger partial charge in [0.2, 0.25) is 0 Å². The van der Waals surface area contributed by atoms with Gasteiger partial charge in [0.05, 0.1) is 10.5 Å². The lowest BCUT2D eigenvalue weighted by molar-refractivity contribution is -0.384. The number of nitro benzene ring substituents is 1. The van der Waals surface area contributed by atoms with E-state index in [2.05, 4.69) is 5.32 Å². The summed E-state index contributed by atoms with van der Waals surface area (Å²) >= 11 is 0. The summed E-state index contributed by atoms with van der Waals surface area (Å²) in [5, 5.41) is 13.7. The van der Waals surface area contributed by atoms with Crippen LogP contribution in [0.5, 0.6) is 0 Å². The maximum atomic E-state index is 13.8. The van der Waals surface area contributed by atoms with Crippen LogP contribution in [0, 0.1) is 10.1 Å². The van der Waals surface area contributed by atoms with Crippen LogP contribution in [0.2, 0.25) is 0 Å². The van der Waals surface area contributed by atoms with Crippen molar-refractivity contribution in [2.24, 2.45) is 0 Å². The summed E-state index contributed by atoms with van der Waals surface area (Å²) in [6.45, 7) is 0. The number of carbonyl (C=O) groups is 2. The van der Waals surface area contributed by atoms with E-state index in [1.54, 1.807) is 60.7 Å². The molecular weight excluding hydrogens is 499 g/mol. The molecule has 1 unspecified atom stereocenters. The molecule has 0 bridgehead atoms. The van der Waals surface area contributed by atoms with Crippen LogP contribution in [-0.4, -0.2) is 16.7 Å². The summed E-state index contributed by atoms with van der Waals surface area (Å²) in [7, 11) is 0. The second-order valence-corrected chi connectivity index (χ2v) is 8.19. The van der Waals surface area contributed by atoms with Crippen LogP contribution in [0.3, 0.4) is 0 Å². The molecule has 0 saturated heterocycles. The van der Waals surface area contributed by atoms with Gasteiger partial charge in [-0.25, -0.2) is 0 Å². The smallest absolute Gasteiger partial charge is 0.324 e. The Kier molecular flexibility index (Phi) is 7.52. The van der Waals surface area contributed by atoms with Crippen LogP contribution in [0.15, 0.2) is 109 Å². The Balaban J connectivity index is 1.77. The molecule has 10 heteroatoms. The molecule has 1 atom stereocenters. The van der Waals surface area contributed by atoms with Gasteiger partial charge < -0.3 is 5.32 Å². The van der Waals surface area contributed by atoms with Gasteiger partial charge in [0.15, 0.2) is 0 Å². The number of anilines is 2. The summed E-state index contributed by atoms with van der Waals surface area (Å²) in [6, 6.07) is 24.4. The predicted molar refractivity (Wildman–Crippen MR) is 136 cm³/mol. The lowest BCUT2D eigenvalue weighted by Gasteiger charge is -2.31. The molecule has 0 aliphatic carbocycles. The minimum Gasteiger partial charge on any atom is -0.324 e. The van der Waals surface area contributed by atoms with Crippen molar-refractivity contribution < 1.29 is 27.7 Å². The first-order valence-electron chi connectivity index (χ1n) is 11.3. The molecule has 0 aliphatic rings. The lowest BCUT2D eigenvalue weighted by atomic mass is 10.0. The lowest BCUT2D eigenvalue weighted by Crippen LogP contribution is -2.41. The number of amides is 2. The molecule has 4 rings (SSSR count). The van der Waals surface area contributed by atoms with E-state index >= 15 is 0 Å². The number of hydrogen-bond donors (Lipinski definition) is 1. The molecule has 0 radical (unpaired) electrons. The van der Waals surface area contributed by atoms with Gasteiger partial charge in [-0.3, -0.25) is 24.6 Å². The molecule has 38 heavy (non-hydrogen) atoms. The molecule has 0 aromatic heterocycles. The quantitative estimate of drug-likeness (QED) is 0.219. The highest BCUT2D eigenvalue weighted by atomic mass is 19.4. The maximum absolute atomic E-state index is 13.8. The van der Waals surface area contributed by atoms with Crippen molar-refractivity contribution in [3.63, 3.8) is 0 Å². The SMILES string of the molecule is O=C(Nc1ccc([N+](=O)[O-])cc1)C(c1ccccc1)N(C(=O)c1ccc(C(F)(F)F)cc1)c1ccccc1. The molecule has 4 aromatic carbocycles. The molecule has 2 amide bonds. The topological polar surface area (TPSA) is 92.5 Å². The number of rotatable bonds is 7. The number of nitro groups is 1. The third kappa shape index (κ3) is 5.86. The summed E-state index contributed by atoms with van der Waals surface area (Å²) < 4.78 is 39.3. The molecule has 0 saturated carbocycles. The average molecular weight is 519 g/mol. The van der Waals surface area contributed by atoms with E-state index < -0.39 is 34.5 Å². The Hall–Kier alpha value is -4.99. The molecule has 0 fully saturated rings. The molecule has 0 spiro atoms. The highest BCUT2D eigenvalue weighted by Crippen LogP contribution is 2.33. The van der Waals surface area contributed by atoms with E-state index in [1.165, 1.54) is 29.2 Å². The zero-order valence-electron chi connectivity index (χ0n) is 19.6. The Morgan fingerprint density at radius 1 is 0.789 bits per heavy atom. The number of alkyl halides is 3. The van der Waals surface area contributed by atoms with Crippen LogP contribution >= 0.6 is 0 Å². The third-order valence-electron chi connectivity index (χ3n) is 5.68. The van der Waals surface area contributed by atoms with Gasteiger partial charge in [-0.15, -0.1) is 0 Å². The number of carbonyl (C=O) groups excluding carboxylic acids is 2. The highest BCUT2D eigenvalue weighted by molar-refractivity contribution is 6.12. The predicted octanol–water partition coefficient (Wildman–Crippen LogP) is 6.64. The molecule has 192 valence electrons. The van der Waals surface area contributed by atoms with Crippen LogP contribution < -0.4 is 10.2 Å². The summed E-state index contributed by atoms with van der Waals surface area (Å²) in [6.07, 6.45) is -4.57. The van der Waals surface area contributed by atoms with E-state index in [1.807, 2.05) is 0 Å². The minimum absolute atomic E-state index is 0.0501. The van der Waals surface area contributed by atoms with E-state index in [0.29, 0.717) is 11.3 Å². The number of non-ortho nitro benzene ring substituents is 1. The maximum Gasteiger partial charge on any atom is 0.416 e. The fourth-order valence-corrected chi connectivity index (χ4v) is 3.84. The Labute approximate surface area is 215 Å². The zero-order chi connectivity index (χ0) is 27.3. The van der Waals surface area contributed by atoms with Crippen LogP contribution in [0.1, 0.15) is 27.5 Å². The van der Waals surface area contributed by atoms with E-state index in [4.69, 9.17) is 0 Å². The van der Waals surface area contributed by atoms with E-state index in [0.717, 1.165) is 24.3 Å². The van der Waals surface area contributed by atoms with Crippen LogP contribution in [0.25, 0.3) is 0 Å². The van der Waals surface area contributed by atoms with E-state index in [9.17, 15) is 32.9 Å². The van der Waals surface area contributed by atoms with Crippen molar-refractivity contribution in [2.45, 2.75) is 12.2 Å². The molecular formula is C28H20F3N3O4. The molecule has 4 aromatic rings. The van der Waals surface area contributed by atoms with Gasteiger partial charge in [0, 0.05) is 29.1 Å². The first kappa shape index (κ1) is 26.1.